The molecule has 4 heteroatoms. The van der Waals surface area contributed by atoms with Crippen molar-refractivity contribution < 1.29 is 4.79 Å². The quantitative estimate of drug-likeness (QED) is 0.558. The van der Waals surface area contributed by atoms with E-state index < -0.39 is 0 Å². The number of unbranched alkanes of at least 4 members (excludes halogenated alkanes) is 1. The van der Waals surface area contributed by atoms with Gasteiger partial charge in [0, 0.05) is 6.42 Å². The fraction of sp³-hybridized carbons (Fsp3) is 0.800. The molecular weight excluding hydrogens is 140 g/mol. The largest absolute Gasteiger partial charge is 0.370 e. The van der Waals surface area contributed by atoms with Gasteiger partial charge in [0.15, 0.2) is 0 Å². The monoisotopic (exact) mass is 152 g/mol. The Morgan fingerprint density at radius 3 is 2.22 bits per heavy atom. The van der Waals surface area contributed by atoms with Gasteiger partial charge in [-0.15, -0.1) is 12.4 Å². The van der Waals surface area contributed by atoms with Gasteiger partial charge in [0.05, 0.1) is 0 Å². The van der Waals surface area contributed by atoms with Crippen LogP contribution in [0.25, 0.3) is 0 Å². The van der Waals surface area contributed by atoms with Gasteiger partial charge in [0.25, 0.3) is 0 Å². The lowest BCUT2D eigenvalue weighted by atomic mass is 10.2. The van der Waals surface area contributed by atoms with Crippen molar-refractivity contribution in [1.29, 1.82) is 0 Å². The maximum absolute atomic E-state index is 10.1. The molecular formula is C5H13ClN2O. The van der Waals surface area contributed by atoms with Crippen LogP contribution in [-0.2, 0) is 4.79 Å². The summed E-state index contributed by atoms with van der Waals surface area (Å²) in [5.74, 6) is -0.238. The van der Waals surface area contributed by atoms with Gasteiger partial charge in [-0.3, -0.25) is 4.79 Å². The standard InChI is InChI=1S/C5H12N2O.ClH/c6-4-2-1-3-5(7)8;/h1-4,6H2,(H2,7,8);1H. The average molecular weight is 153 g/mol. The van der Waals surface area contributed by atoms with E-state index in [2.05, 4.69) is 0 Å². The van der Waals surface area contributed by atoms with E-state index in [4.69, 9.17) is 11.5 Å². The van der Waals surface area contributed by atoms with Crippen molar-refractivity contribution in [2.24, 2.45) is 11.5 Å². The van der Waals surface area contributed by atoms with Crippen molar-refractivity contribution in [2.45, 2.75) is 19.3 Å². The predicted octanol–water partition coefficient (Wildman–Crippen LogP) is 0.0225. The second-order valence-corrected chi connectivity index (χ2v) is 1.71. The number of amides is 1. The van der Waals surface area contributed by atoms with Crippen LogP contribution in [0.4, 0.5) is 0 Å². The van der Waals surface area contributed by atoms with E-state index in [1.165, 1.54) is 0 Å². The number of nitrogens with two attached hydrogens (primary N) is 2. The number of primary amides is 1. The number of halogens is 1. The summed E-state index contributed by atoms with van der Waals surface area (Å²) in [5.41, 5.74) is 10.0. The number of hydrogen-bond acceptors (Lipinski definition) is 2. The topological polar surface area (TPSA) is 69.1 Å². The second kappa shape index (κ2) is 7.72. The molecule has 0 fully saturated rings. The smallest absolute Gasteiger partial charge is 0.217 e. The minimum absolute atomic E-state index is 0. The average Bonchev–Trinajstić information content (AvgIpc) is 1.66. The van der Waals surface area contributed by atoms with Gasteiger partial charge in [-0.2, -0.15) is 0 Å². The number of rotatable bonds is 4. The maximum Gasteiger partial charge on any atom is 0.217 e. The third kappa shape index (κ3) is 11.3. The SMILES string of the molecule is Cl.NCCCCC(N)=O. The Hall–Kier alpha value is -0.280. The molecule has 0 aliphatic rings. The molecule has 0 aromatic carbocycles. The molecule has 0 spiro atoms. The van der Waals surface area contributed by atoms with Crippen LogP contribution in [-0.4, -0.2) is 12.5 Å². The van der Waals surface area contributed by atoms with Crippen LogP contribution in [0.5, 0.6) is 0 Å². The first kappa shape index (κ1) is 11.5. The molecule has 0 aliphatic carbocycles. The Morgan fingerprint density at radius 2 is 1.89 bits per heavy atom. The van der Waals surface area contributed by atoms with E-state index in [0.717, 1.165) is 12.8 Å². The van der Waals surface area contributed by atoms with Crippen LogP contribution in [0.15, 0.2) is 0 Å². The Labute approximate surface area is 61.2 Å². The zero-order valence-corrected chi connectivity index (χ0v) is 6.12. The highest BCUT2D eigenvalue weighted by Gasteiger charge is 1.90. The first-order valence-electron chi connectivity index (χ1n) is 2.75. The molecule has 0 aliphatic heterocycles. The molecule has 9 heavy (non-hydrogen) atoms. The summed E-state index contributed by atoms with van der Waals surface area (Å²) in [4.78, 5) is 10.1. The number of hydrogen-bond donors (Lipinski definition) is 2. The molecule has 4 N–H and O–H groups in total. The van der Waals surface area contributed by atoms with Gasteiger partial charge < -0.3 is 11.5 Å². The molecule has 0 saturated heterocycles. The van der Waals surface area contributed by atoms with Gasteiger partial charge in [0.2, 0.25) is 5.91 Å². The molecule has 0 bridgehead atoms. The van der Waals surface area contributed by atoms with Gasteiger partial charge in [-0.1, -0.05) is 0 Å². The second-order valence-electron chi connectivity index (χ2n) is 1.71. The Balaban J connectivity index is 0. The zero-order chi connectivity index (χ0) is 6.41. The minimum Gasteiger partial charge on any atom is -0.370 e. The maximum atomic E-state index is 10.1. The van der Waals surface area contributed by atoms with Crippen molar-refractivity contribution >= 4 is 18.3 Å². The molecule has 0 rings (SSSR count). The van der Waals surface area contributed by atoms with Crippen molar-refractivity contribution in [3.63, 3.8) is 0 Å². The molecule has 0 heterocycles. The highest BCUT2D eigenvalue weighted by molar-refractivity contribution is 5.85. The van der Waals surface area contributed by atoms with Gasteiger partial charge >= 0.3 is 0 Å². The minimum atomic E-state index is -0.238. The lowest BCUT2D eigenvalue weighted by molar-refractivity contribution is -0.118. The number of carbonyl (C=O) groups is 1. The van der Waals surface area contributed by atoms with Crippen LogP contribution in [0.3, 0.4) is 0 Å². The van der Waals surface area contributed by atoms with E-state index in [1.54, 1.807) is 0 Å². The summed E-state index contributed by atoms with van der Waals surface area (Å²) >= 11 is 0. The molecule has 0 saturated carbocycles. The molecule has 0 unspecified atom stereocenters. The summed E-state index contributed by atoms with van der Waals surface area (Å²) in [6.45, 7) is 0.646. The Kier molecular flexibility index (Phi) is 9.87. The molecule has 56 valence electrons. The molecule has 3 nitrogen and oxygen atoms in total. The fourth-order valence-corrected chi connectivity index (χ4v) is 0.444. The van der Waals surface area contributed by atoms with E-state index in [0.29, 0.717) is 13.0 Å². The predicted molar refractivity (Wildman–Crippen MR) is 39.3 cm³/mol. The highest BCUT2D eigenvalue weighted by atomic mass is 35.5. The van der Waals surface area contributed by atoms with Crippen molar-refractivity contribution in [3.05, 3.63) is 0 Å². The normalized spacial score (nSPS) is 8.11. The zero-order valence-electron chi connectivity index (χ0n) is 5.30. The first-order chi connectivity index (χ1) is 3.77. The van der Waals surface area contributed by atoms with Crippen LogP contribution in [0.1, 0.15) is 19.3 Å². The van der Waals surface area contributed by atoms with Crippen LogP contribution < -0.4 is 11.5 Å². The Morgan fingerprint density at radius 1 is 1.33 bits per heavy atom. The van der Waals surface area contributed by atoms with Gasteiger partial charge in [-0.25, -0.2) is 0 Å². The summed E-state index contributed by atoms with van der Waals surface area (Å²) in [6, 6.07) is 0. The van der Waals surface area contributed by atoms with Crippen molar-refractivity contribution in [2.75, 3.05) is 6.54 Å². The summed E-state index contributed by atoms with van der Waals surface area (Å²) < 4.78 is 0. The van der Waals surface area contributed by atoms with E-state index in [9.17, 15) is 4.79 Å². The molecule has 0 aromatic heterocycles. The summed E-state index contributed by atoms with van der Waals surface area (Å²) in [6.07, 6.45) is 2.19. The summed E-state index contributed by atoms with van der Waals surface area (Å²) in [5, 5.41) is 0. The van der Waals surface area contributed by atoms with Crippen LogP contribution in [0, 0.1) is 0 Å². The van der Waals surface area contributed by atoms with E-state index >= 15 is 0 Å². The Bertz CT molecular complexity index is 77.4. The lowest BCUT2D eigenvalue weighted by Gasteiger charge is -1.90. The molecule has 0 radical (unpaired) electrons. The fourth-order valence-electron chi connectivity index (χ4n) is 0.444. The highest BCUT2D eigenvalue weighted by Crippen LogP contribution is 1.89. The van der Waals surface area contributed by atoms with Crippen molar-refractivity contribution in [1.82, 2.24) is 0 Å². The van der Waals surface area contributed by atoms with Crippen molar-refractivity contribution in [3.8, 4) is 0 Å². The van der Waals surface area contributed by atoms with E-state index in [-0.39, 0.29) is 18.3 Å². The third-order valence-electron chi connectivity index (χ3n) is 0.877. The third-order valence-corrected chi connectivity index (χ3v) is 0.877. The van der Waals surface area contributed by atoms with Gasteiger partial charge in [-0.05, 0) is 19.4 Å². The van der Waals surface area contributed by atoms with Gasteiger partial charge in [0.1, 0.15) is 0 Å². The molecule has 1 amide bonds. The summed E-state index contributed by atoms with van der Waals surface area (Å²) in [7, 11) is 0. The lowest BCUT2D eigenvalue weighted by Crippen LogP contribution is -2.10. The first-order valence-corrected chi connectivity index (χ1v) is 2.75. The number of carbonyl (C=O) groups excluding carboxylic acids is 1. The molecule has 0 aromatic rings. The van der Waals surface area contributed by atoms with Crippen LogP contribution in [0.2, 0.25) is 0 Å². The van der Waals surface area contributed by atoms with Crippen LogP contribution >= 0.6 is 12.4 Å². The van der Waals surface area contributed by atoms with E-state index in [1.807, 2.05) is 0 Å². The molecule has 0 atom stereocenters.